The third-order valence-electron chi connectivity index (χ3n) is 4.73. The van der Waals surface area contributed by atoms with Gasteiger partial charge in [0.05, 0.1) is 22.4 Å². The van der Waals surface area contributed by atoms with Crippen LogP contribution in [0.25, 0.3) is 10.1 Å². The number of rotatable bonds is 5. The van der Waals surface area contributed by atoms with Crippen LogP contribution in [0, 0.1) is 5.82 Å². The number of carbonyl (C=O) groups is 2. The van der Waals surface area contributed by atoms with Crippen molar-refractivity contribution in [3.63, 3.8) is 0 Å². The van der Waals surface area contributed by atoms with Gasteiger partial charge in [0, 0.05) is 23.2 Å². The maximum atomic E-state index is 13.5. The fourth-order valence-electron chi connectivity index (χ4n) is 3.26. The quantitative estimate of drug-likeness (QED) is 0.605. The van der Waals surface area contributed by atoms with E-state index in [0.29, 0.717) is 34.5 Å². The average molecular weight is 433 g/mol. The van der Waals surface area contributed by atoms with Gasteiger partial charge in [-0.05, 0) is 43.2 Å². The number of ether oxygens (including phenoxy) is 1. The second-order valence-corrected chi connectivity index (χ2v) is 8.16. The van der Waals surface area contributed by atoms with Gasteiger partial charge in [-0.3, -0.25) is 9.59 Å². The summed E-state index contributed by atoms with van der Waals surface area (Å²) < 4.78 is 19.6. The van der Waals surface area contributed by atoms with Gasteiger partial charge >= 0.3 is 0 Å². The highest BCUT2D eigenvalue weighted by molar-refractivity contribution is 7.21. The van der Waals surface area contributed by atoms with Crippen molar-refractivity contribution in [2.45, 2.75) is 18.9 Å². The molecule has 0 radical (unpaired) electrons. The highest BCUT2D eigenvalue weighted by atomic mass is 35.5. The number of carbonyl (C=O) groups excluding carboxylic acids is 2. The Labute approximate surface area is 175 Å². The molecule has 2 aromatic carbocycles. The summed E-state index contributed by atoms with van der Waals surface area (Å²) in [5, 5.41) is 6.49. The summed E-state index contributed by atoms with van der Waals surface area (Å²) in [5.41, 5.74) is 0.726. The first-order valence-electron chi connectivity index (χ1n) is 9.20. The van der Waals surface area contributed by atoms with E-state index in [1.165, 1.54) is 12.1 Å². The summed E-state index contributed by atoms with van der Waals surface area (Å²) in [5.74, 6) is -1.13. The molecule has 2 N–H and O–H groups in total. The van der Waals surface area contributed by atoms with Crippen LogP contribution in [0.2, 0.25) is 5.02 Å². The van der Waals surface area contributed by atoms with Gasteiger partial charge in [0.2, 0.25) is 0 Å². The molecular weight excluding hydrogens is 415 g/mol. The van der Waals surface area contributed by atoms with Gasteiger partial charge in [-0.25, -0.2) is 4.39 Å². The molecule has 0 aliphatic carbocycles. The van der Waals surface area contributed by atoms with Crippen LogP contribution in [0.4, 0.5) is 10.1 Å². The van der Waals surface area contributed by atoms with Crippen LogP contribution in [0.1, 0.15) is 32.9 Å². The van der Waals surface area contributed by atoms with Gasteiger partial charge in [0.25, 0.3) is 11.8 Å². The number of benzene rings is 2. The topological polar surface area (TPSA) is 67.4 Å². The van der Waals surface area contributed by atoms with Crippen molar-refractivity contribution in [1.29, 1.82) is 0 Å². The molecule has 5 nitrogen and oxygen atoms in total. The molecule has 1 atom stereocenters. The third kappa shape index (κ3) is 4.27. The molecule has 1 aromatic heterocycles. The van der Waals surface area contributed by atoms with Crippen LogP contribution >= 0.6 is 22.9 Å². The van der Waals surface area contributed by atoms with E-state index in [1.807, 2.05) is 0 Å². The number of anilines is 1. The Balaban J connectivity index is 1.53. The first-order valence-corrected chi connectivity index (χ1v) is 10.4. The van der Waals surface area contributed by atoms with E-state index < -0.39 is 11.7 Å². The molecule has 150 valence electrons. The van der Waals surface area contributed by atoms with Crippen LogP contribution in [0.15, 0.2) is 42.5 Å². The molecule has 1 aliphatic heterocycles. The summed E-state index contributed by atoms with van der Waals surface area (Å²) in [4.78, 5) is 25.7. The number of nitrogens with one attached hydrogen (secondary N) is 2. The van der Waals surface area contributed by atoms with E-state index >= 15 is 0 Å². The van der Waals surface area contributed by atoms with Crippen molar-refractivity contribution in [3.8, 4) is 0 Å². The van der Waals surface area contributed by atoms with Crippen LogP contribution < -0.4 is 10.6 Å². The monoisotopic (exact) mass is 432 g/mol. The number of hydrogen-bond acceptors (Lipinski definition) is 4. The van der Waals surface area contributed by atoms with E-state index in [-0.39, 0.29) is 21.9 Å². The van der Waals surface area contributed by atoms with E-state index in [9.17, 15) is 14.0 Å². The summed E-state index contributed by atoms with van der Waals surface area (Å²) in [6, 6.07) is 10.9. The van der Waals surface area contributed by atoms with E-state index in [0.717, 1.165) is 24.2 Å². The highest BCUT2D eigenvalue weighted by Crippen LogP contribution is 2.36. The van der Waals surface area contributed by atoms with Gasteiger partial charge in [-0.2, -0.15) is 0 Å². The number of hydrogen-bond donors (Lipinski definition) is 2. The van der Waals surface area contributed by atoms with Crippen molar-refractivity contribution in [2.24, 2.45) is 0 Å². The number of thiophene rings is 1. The Bertz CT molecular complexity index is 1080. The van der Waals surface area contributed by atoms with Crippen molar-refractivity contribution >= 4 is 50.5 Å². The van der Waals surface area contributed by atoms with Crippen molar-refractivity contribution in [1.82, 2.24) is 5.32 Å². The normalized spacial score (nSPS) is 16.1. The predicted octanol–water partition coefficient (Wildman–Crippen LogP) is 4.85. The van der Waals surface area contributed by atoms with Crippen LogP contribution in [-0.4, -0.2) is 31.1 Å². The fourth-order valence-corrected chi connectivity index (χ4v) is 4.70. The largest absolute Gasteiger partial charge is 0.376 e. The number of halogens is 2. The first-order chi connectivity index (χ1) is 14.0. The average Bonchev–Trinajstić information content (AvgIpc) is 3.34. The Morgan fingerprint density at radius 3 is 2.83 bits per heavy atom. The molecule has 0 spiro atoms. The lowest BCUT2D eigenvalue weighted by Gasteiger charge is -2.13. The highest BCUT2D eigenvalue weighted by Gasteiger charge is 2.21. The molecule has 29 heavy (non-hydrogen) atoms. The summed E-state index contributed by atoms with van der Waals surface area (Å²) in [6.45, 7) is 1.14. The SMILES string of the molecule is O=C(NCC1CCCO1)c1ccccc1NC(=O)c1sc2cc(F)ccc2c1Cl. The van der Waals surface area contributed by atoms with Crippen molar-refractivity contribution in [2.75, 3.05) is 18.5 Å². The van der Waals surface area contributed by atoms with Crippen molar-refractivity contribution < 1.29 is 18.7 Å². The minimum absolute atomic E-state index is 0.0263. The molecule has 1 unspecified atom stereocenters. The zero-order valence-electron chi connectivity index (χ0n) is 15.3. The zero-order chi connectivity index (χ0) is 20.4. The standard InChI is InChI=1S/C21H18ClFN2O3S/c22-18-15-8-7-12(23)10-17(15)29-19(18)21(27)25-16-6-2-1-5-14(16)20(26)24-11-13-4-3-9-28-13/h1-2,5-8,10,13H,3-4,9,11H2,(H,24,26)(H,25,27). The van der Waals surface area contributed by atoms with E-state index in [4.69, 9.17) is 16.3 Å². The zero-order valence-corrected chi connectivity index (χ0v) is 16.9. The van der Waals surface area contributed by atoms with Gasteiger partial charge in [-0.15, -0.1) is 11.3 Å². The lowest BCUT2D eigenvalue weighted by atomic mass is 10.1. The lowest BCUT2D eigenvalue weighted by molar-refractivity contribution is 0.0858. The summed E-state index contributed by atoms with van der Waals surface area (Å²) in [7, 11) is 0. The van der Waals surface area contributed by atoms with Crippen LogP contribution in [0.3, 0.4) is 0 Å². The van der Waals surface area contributed by atoms with Gasteiger partial charge in [-0.1, -0.05) is 23.7 Å². The second kappa shape index (κ2) is 8.49. The second-order valence-electron chi connectivity index (χ2n) is 6.73. The predicted molar refractivity (Wildman–Crippen MR) is 112 cm³/mol. The maximum Gasteiger partial charge on any atom is 0.267 e. The number of fused-ring (bicyclic) bond motifs is 1. The molecule has 4 rings (SSSR count). The van der Waals surface area contributed by atoms with Gasteiger partial charge < -0.3 is 15.4 Å². The molecule has 0 bridgehead atoms. The summed E-state index contributed by atoms with van der Waals surface area (Å²) >= 11 is 7.43. The molecule has 2 amide bonds. The van der Waals surface area contributed by atoms with E-state index in [2.05, 4.69) is 10.6 Å². The minimum Gasteiger partial charge on any atom is -0.376 e. The summed E-state index contributed by atoms with van der Waals surface area (Å²) in [6.07, 6.45) is 1.94. The molecule has 1 saturated heterocycles. The Kier molecular flexibility index (Phi) is 5.80. The molecule has 2 heterocycles. The van der Waals surface area contributed by atoms with Gasteiger partial charge in [0.15, 0.2) is 0 Å². The number of amides is 2. The Morgan fingerprint density at radius 2 is 2.03 bits per heavy atom. The number of para-hydroxylation sites is 1. The molecular formula is C21H18ClFN2O3S. The molecule has 0 saturated carbocycles. The maximum absolute atomic E-state index is 13.5. The first kappa shape index (κ1) is 19.8. The smallest absolute Gasteiger partial charge is 0.267 e. The minimum atomic E-state index is -0.448. The molecule has 1 aliphatic rings. The van der Waals surface area contributed by atoms with E-state index in [1.54, 1.807) is 30.3 Å². The lowest BCUT2D eigenvalue weighted by Crippen LogP contribution is -2.32. The van der Waals surface area contributed by atoms with Crippen molar-refractivity contribution in [3.05, 3.63) is 63.7 Å². The molecule has 3 aromatic rings. The van der Waals surface area contributed by atoms with Crippen LogP contribution in [0.5, 0.6) is 0 Å². The fraction of sp³-hybridized carbons (Fsp3) is 0.238. The van der Waals surface area contributed by atoms with Crippen LogP contribution in [-0.2, 0) is 4.74 Å². The Morgan fingerprint density at radius 1 is 1.21 bits per heavy atom. The molecule has 8 heteroatoms. The Hall–Kier alpha value is -2.48. The van der Waals surface area contributed by atoms with Gasteiger partial charge in [0.1, 0.15) is 10.7 Å². The molecule has 1 fully saturated rings. The third-order valence-corrected chi connectivity index (χ3v) is 6.39.